The molecule has 4 rings (SSSR count). The quantitative estimate of drug-likeness (QED) is 0.584. The van der Waals surface area contributed by atoms with Crippen molar-refractivity contribution in [3.05, 3.63) is 29.8 Å². The van der Waals surface area contributed by atoms with Gasteiger partial charge in [-0.25, -0.2) is 0 Å². The fraction of sp³-hybridized carbons (Fsp3) is 0.714. The van der Waals surface area contributed by atoms with Crippen molar-refractivity contribution in [1.82, 2.24) is 9.80 Å². The average Bonchev–Trinajstić information content (AvgIpc) is 2.76. The molecule has 182 valence electrons. The summed E-state index contributed by atoms with van der Waals surface area (Å²) in [5.74, 6) is 1.83. The van der Waals surface area contributed by atoms with E-state index in [1.165, 1.54) is 57.3 Å². The molecule has 0 aromatic heterocycles. The molecule has 0 unspecified atom stereocenters. The highest BCUT2D eigenvalue weighted by atomic mass is 16.2. The van der Waals surface area contributed by atoms with E-state index in [0.717, 1.165) is 37.2 Å². The first kappa shape index (κ1) is 24.4. The second kappa shape index (κ2) is 10.7. The molecule has 1 aromatic rings. The lowest BCUT2D eigenvalue weighted by molar-refractivity contribution is -0.128. The minimum atomic E-state index is -0.0715. The van der Waals surface area contributed by atoms with Crippen LogP contribution >= 0.6 is 0 Å². The number of Topliss-reactive ketones (excluding diaryl/α,β-unsaturated/α-hetero) is 1. The van der Waals surface area contributed by atoms with Crippen molar-refractivity contribution in [2.75, 3.05) is 44.2 Å². The van der Waals surface area contributed by atoms with Gasteiger partial charge in [0.05, 0.1) is 6.42 Å². The summed E-state index contributed by atoms with van der Waals surface area (Å²) in [4.78, 5) is 30.6. The molecule has 0 spiro atoms. The van der Waals surface area contributed by atoms with Crippen LogP contribution in [0, 0.1) is 17.3 Å². The van der Waals surface area contributed by atoms with E-state index in [2.05, 4.69) is 42.7 Å². The normalized spacial score (nSPS) is 26.1. The highest BCUT2D eigenvalue weighted by molar-refractivity contribution is 6.08. The van der Waals surface area contributed by atoms with Gasteiger partial charge in [-0.3, -0.25) is 14.5 Å². The smallest absolute Gasteiger partial charge is 0.234 e. The maximum Gasteiger partial charge on any atom is 0.234 e. The van der Waals surface area contributed by atoms with Crippen LogP contribution in [0.25, 0.3) is 0 Å². The van der Waals surface area contributed by atoms with Crippen LogP contribution in [0.3, 0.4) is 0 Å². The fourth-order valence-corrected chi connectivity index (χ4v) is 6.01. The van der Waals surface area contributed by atoms with E-state index in [4.69, 9.17) is 0 Å². The molecule has 33 heavy (non-hydrogen) atoms. The van der Waals surface area contributed by atoms with Crippen molar-refractivity contribution < 1.29 is 9.59 Å². The third kappa shape index (κ3) is 7.13. The number of ketones is 1. The summed E-state index contributed by atoms with van der Waals surface area (Å²) in [7, 11) is 0. The molecule has 2 saturated heterocycles. The lowest BCUT2D eigenvalue weighted by atomic mass is 9.74. The number of carbonyl (C=O) groups is 2. The lowest BCUT2D eigenvalue weighted by Gasteiger charge is -2.39. The first-order valence-corrected chi connectivity index (χ1v) is 13.1. The van der Waals surface area contributed by atoms with Gasteiger partial charge in [0.15, 0.2) is 0 Å². The van der Waals surface area contributed by atoms with E-state index in [-0.39, 0.29) is 18.1 Å². The average molecular weight is 454 g/mol. The second-order valence-corrected chi connectivity index (χ2v) is 11.9. The van der Waals surface area contributed by atoms with Crippen molar-refractivity contribution in [2.45, 2.75) is 72.3 Å². The molecule has 0 radical (unpaired) electrons. The third-order valence-corrected chi connectivity index (χ3v) is 7.77. The number of nitrogens with zero attached hydrogens (tertiary/aromatic N) is 3. The number of anilines is 1. The molecule has 5 heteroatoms. The van der Waals surface area contributed by atoms with Crippen LogP contribution in [-0.4, -0.2) is 60.8 Å². The standard InChI is InChI=1S/C28H43N3O2/c1-28(2,3)19-22-4-6-23(7-5-22)20-29-14-16-30(17-15-29)21-24-8-10-25(11-9-24)31-13-12-26(32)18-27(31)33/h8-11,22-23H,4-7,12-21H2,1-3H3. The molecule has 1 amide bonds. The Hall–Kier alpha value is -1.72. The summed E-state index contributed by atoms with van der Waals surface area (Å²) in [6.07, 6.45) is 7.59. The molecule has 3 aliphatic rings. The molecule has 1 aliphatic carbocycles. The van der Waals surface area contributed by atoms with Crippen molar-refractivity contribution in [2.24, 2.45) is 17.3 Å². The van der Waals surface area contributed by atoms with Gasteiger partial charge in [-0.05, 0) is 54.2 Å². The maximum atomic E-state index is 12.1. The van der Waals surface area contributed by atoms with Gasteiger partial charge in [0.25, 0.3) is 0 Å². The van der Waals surface area contributed by atoms with Crippen LogP contribution in [-0.2, 0) is 16.1 Å². The van der Waals surface area contributed by atoms with Gasteiger partial charge in [-0.15, -0.1) is 0 Å². The zero-order chi connectivity index (χ0) is 23.4. The van der Waals surface area contributed by atoms with Crippen molar-refractivity contribution in [1.29, 1.82) is 0 Å². The molecule has 0 N–H and O–H groups in total. The number of benzene rings is 1. The summed E-state index contributed by atoms with van der Waals surface area (Å²) in [6, 6.07) is 8.35. The van der Waals surface area contributed by atoms with E-state index in [9.17, 15) is 9.59 Å². The van der Waals surface area contributed by atoms with Crippen LogP contribution in [0.2, 0.25) is 0 Å². The van der Waals surface area contributed by atoms with Crippen LogP contribution < -0.4 is 4.90 Å². The van der Waals surface area contributed by atoms with E-state index in [1.807, 2.05) is 12.1 Å². The predicted octanol–water partition coefficient (Wildman–Crippen LogP) is 4.74. The first-order chi connectivity index (χ1) is 15.7. The minimum absolute atomic E-state index is 0.0460. The van der Waals surface area contributed by atoms with Gasteiger partial charge >= 0.3 is 0 Å². The van der Waals surface area contributed by atoms with Crippen molar-refractivity contribution >= 4 is 17.4 Å². The van der Waals surface area contributed by atoms with Crippen LogP contribution in [0.1, 0.15) is 71.3 Å². The van der Waals surface area contributed by atoms with Crippen LogP contribution in [0.5, 0.6) is 0 Å². The Morgan fingerprint density at radius 3 is 2.03 bits per heavy atom. The molecule has 1 aromatic carbocycles. The number of amides is 1. The maximum absolute atomic E-state index is 12.1. The number of piperazine rings is 1. The summed E-state index contributed by atoms with van der Waals surface area (Å²) < 4.78 is 0. The number of carbonyl (C=O) groups excluding carboxylic acids is 2. The molecule has 5 nitrogen and oxygen atoms in total. The zero-order valence-corrected chi connectivity index (χ0v) is 21.0. The summed E-state index contributed by atoms with van der Waals surface area (Å²) in [5, 5.41) is 0. The Kier molecular flexibility index (Phi) is 7.91. The Morgan fingerprint density at radius 1 is 0.818 bits per heavy atom. The van der Waals surface area contributed by atoms with E-state index in [1.54, 1.807) is 4.90 Å². The summed E-state index contributed by atoms with van der Waals surface area (Å²) in [6.45, 7) is 14.5. The molecule has 1 saturated carbocycles. The van der Waals surface area contributed by atoms with Crippen molar-refractivity contribution in [3.63, 3.8) is 0 Å². The highest BCUT2D eigenvalue weighted by Gasteiger charge is 2.28. The largest absolute Gasteiger partial charge is 0.312 e. The predicted molar refractivity (Wildman–Crippen MR) is 134 cm³/mol. The van der Waals surface area contributed by atoms with Gasteiger partial charge in [-0.2, -0.15) is 0 Å². The number of piperidine rings is 1. The van der Waals surface area contributed by atoms with Crippen LogP contribution in [0.4, 0.5) is 5.69 Å². The van der Waals surface area contributed by atoms with Crippen molar-refractivity contribution in [3.8, 4) is 0 Å². The Balaban J connectivity index is 1.17. The van der Waals surface area contributed by atoms with E-state index < -0.39 is 0 Å². The van der Waals surface area contributed by atoms with Gasteiger partial charge in [0.1, 0.15) is 5.78 Å². The van der Waals surface area contributed by atoms with E-state index >= 15 is 0 Å². The molecular weight excluding hydrogens is 410 g/mol. The Bertz CT molecular complexity index is 797. The van der Waals surface area contributed by atoms with Crippen LogP contribution in [0.15, 0.2) is 24.3 Å². The SMILES string of the molecule is CC(C)(C)CC1CCC(CN2CCN(Cc3ccc(N4CCC(=O)CC4=O)cc3)CC2)CC1. The van der Waals surface area contributed by atoms with Gasteiger partial charge in [0, 0.05) is 57.9 Å². The molecule has 0 bridgehead atoms. The van der Waals surface area contributed by atoms with Gasteiger partial charge < -0.3 is 9.80 Å². The number of hydrogen-bond donors (Lipinski definition) is 0. The second-order valence-electron chi connectivity index (χ2n) is 11.9. The molecule has 3 fully saturated rings. The molecular formula is C28H43N3O2. The summed E-state index contributed by atoms with van der Waals surface area (Å²) in [5.41, 5.74) is 2.68. The highest BCUT2D eigenvalue weighted by Crippen LogP contribution is 2.36. The summed E-state index contributed by atoms with van der Waals surface area (Å²) >= 11 is 0. The fourth-order valence-electron chi connectivity index (χ4n) is 6.01. The minimum Gasteiger partial charge on any atom is -0.312 e. The third-order valence-electron chi connectivity index (χ3n) is 7.77. The Labute approximate surface area is 200 Å². The molecule has 2 aliphatic heterocycles. The zero-order valence-electron chi connectivity index (χ0n) is 21.0. The number of hydrogen-bond acceptors (Lipinski definition) is 4. The monoisotopic (exact) mass is 453 g/mol. The topological polar surface area (TPSA) is 43.9 Å². The number of rotatable bonds is 6. The van der Waals surface area contributed by atoms with E-state index in [0.29, 0.717) is 18.4 Å². The van der Waals surface area contributed by atoms with Gasteiger partial charge in [0.2, 0.25) is 5.91 Å². The lowest BCUT2D eigenvalue weighted by Crippen LogP contribution is -2.47. The van der Waals surface area contributed by atoms with Gasteiger partial charge in [-0.1, -0.05) is 45.7 Å². The first-order valence-electron chi connectivity index (χ1n) is 13.1. The molecule has 0 atom stereocenters. The Morgan fingerprint density at radius 2 is 1.42 bits per heavy atom. The molecule has 2 heterocycles.